The summed E-state index contributed by atoms with van der Waals surface area (Å²) >= 11 is 0. The first-order valence-electron chi connectivity index (χ1n) is 6.29. The predicted molar refractivity (Wildman–Crippen MR) is 75.8 cm³/mol. The molecule has 1 N–H and O–H groups in total. The summed E-state index contributed by atoms with van der Waals surface area (Å²) in [5.74, 6) is -0.129. The predicted octanol–water partition coefficient (Wildman–Crippen LogP) is 2.05. The molecule has 0 bridgehead atoms. The standard InChI is InChI=1S/C12H13ClN2O5S/c13-21(19,20)11-5-9(4-10(6-11)15(17)18)12(16)14-7-8-2-1-3-8/h4-6,8H,1-3,7H2,(H,14,16). The number of nitro benzene ring substituents is 1. The van der Waals surface area contributed by atoms with Crippen LogP contribution in [0, 0.1) is 16.0 Å². The highest BCUT2D eigenvalue weighted by Crippen LogP contribution is 2.26. The van der Waals surface area contributed by atoms with E-state index in [1.807, 2.05) is 0 Å². The number of nitro groups is 1. The van der Waals surface area contributed by atoms with Crippen molar-refractivity contribution in [3.63, 3.8) is 0 Å². The van der Waals surface area contributed by atoms with E-state index < -0.39 is 30.5 Å². The quantitative estimate of drug-likeness (QED) is 0.504. The monoisotopic (exact) mass is 332 g/mol. The van der Waals surface area contributed by atoms with Crippen LogP contribution in [0.5, 0.6) is 0 Å². The van der Waals surface area contributed by atoms with E-state index >= 15 is 0 Å². The molecule has 0 atom stereocenters. The molecule has 2 rings (SSSR count). The van der Waals surface area contributed by atoms with Crippen LogP contribution < -0.4 is 5.32 Å². The molecule has 0 radical (unpaired) electrons. The van der Waals surface area contributed by atoms with Gasteiger partial charge >= 0.3 is 0 Å². The van der Waals surface area contributed by atoms with E-state index in [0.717, 1.165) is 37.5 Å². The van der Waals surface area contributed by atoms with Crippen molar-refractivity contribution in [2.24, 2.45) is 5.92 Å². The SMILES string of the molecule is O=C(NCC1CCC1)c1cc([N+](=O)[O-])cc(S(=O)(=O)Cl)c1. The lowest BCUT2D eigenvalue weighted by molar-refractivity contribution is -0.385. The maximum atomic E-state index is 12.0. The fourth-order valence-electron chi connectivity index (χ4n) is 2.00. The average Bonchev–Trinajstić information content (AvgIpc) is 2.35. The zero-order valence-corrected chi connectivity index (χ0v) is 12.5. The second kappa shape index (κ2) is 5.98. The fourth-order valence-corrected chi connectivity index (χ4v) is 2.79. The smallest absolute Gasteiger partial charge is 0.271 e. The molecule has 1 aliphatic rings. The summed E-state index contributed by atoms with van der Waals surface area (Å²) in [6.07, 6.45) is 3.21. The van der Waals surface area contributed by atoms with E-state index in [4.69, 9.17) is 10.7 Å². The summed E-state index contributed by atoms with van der Waals surface area (Å²) in [5.41, 5.74) is -0.590. The molecule has 1 aromatic rings. The number of carbonyl (C=O) groups is 1. The van der Waals surface area contributed by atoms with Crippen LogP contribution in [0.1, 0.15) is 29.6 Å². The lowest BCUT2D eigenvalue weighted by Gasteiger charge is -2.25. The van der Waals surface area contributed by atoms with Crippen molar-refractivity contribution in [2.45, 2.75) is 24.2 Å². The Morgan fingerprint density at radius 1 is 1.38 bits per heavy atom. The van der Waals surface area contributed by atoms with E-state index in [2.05, 4.69) is 5.32 Å². The van der Waals surface area contributed by atoms with Crippen LogP contribution in [-0.2, 0) is 9.05 Å². The molecule has 1 amide bonds. The number of halogens is 1. The van der Waals surface area contributed by atoms with Crippen LogP contribution in [0.2, 0.25) is 0 Å². The number of nitrogens with one attached hydrogen (secondary N) is 1. The third-order valence-electron chi connectivity index (χ3n) is 3.42. The van der Waals surface area contributed by atoms with Gasteiger partial charge in [-0.1, -0.05) is 6.42 Å². The van der Waals surface area contributed by atoms with Crippen molar-refractivity contribution < 1.29 is 18.1 Å². The fraction of sp³-hybridized carbons (Fsp3) is 0.417. The highest BCUT2D eigenvalue weighted by Gasteiger charge is 2.22. The summed E-state index contributed by atoms with van der Waals surface area (Å²) in [6.45, 7) is 0.477. The summed E-state index contributed by atoms with van der Waals surface area (Å²) in [7, 11) is 1.04. The Hall–Kier alpha value is -1.67. The Morgan fingerprint density at radius 3 is 2.52 bits per heavy atom. The average molecular weight is 333 g/mol. The van der Waals surface area contributed by atoms with E-state index in [1.54, 1.807) is 0 Å². The number of benzene rings is 1. The zero-order valence-electron chi connectivity index (χ0n) is 10.9. The molecule has 0 heterocycles. The van der Waals surface area contributed by atoms with Gasteiger partial charge in [-0.2, -0.15) is 0 Å². The van der Waals surface area contributed by atoms with Crippen molar-refractivity contribution in [3.8, 4) is 0 Å². The minimum Gasteiger partial charge on any atom is -0.352 e. The number of carbonyl (C=O) groups excluding carboxylic acids is 1. The van der Waals surface area contributed by atoms with Crippen LogP contribution in [0.3, 0.4) is 0 Å². The summed E-state index contributed by atoms with van der Waals surface area (Å²) in [6, 6.07) is 2.89. The maximum absolute atomic E-state index is 12.0. The van der Waals surface area contributed by atoms with Crippen LogP contribution in [-0.4, -0.2) is 25.8 Å². The first kappa shape index (κ1) is 15.7. The molecule has 1 fully saturated rings. The minimum absolute atomic E-state index is 0.0947. The van der Waals surface area contributed by atoms with Crippen LogP contribution >= 0.6 is 10.7 Å². The van der Waals surface area contributed by atoms with E-state index in [-0.39, 0.29) is 5.56 Å². The van der Waals surface area contributed by atoms with E-state index in [9.17, 15) is 23.3 Å². The van der Waals surface area contributed by atoms with Gasteiger partial charge in [-0.3, -0.25) is 14.9 Å². The summed E-state index contributed by atoms with van der Waals surface area (Å²) in [4.78, 5) is 21.5. The molecule has 1 aromatic carbocycles. The van der Waals surface area contributed by atoms with Crippen molar-refractivity contribution in [1.82, 2.24) is 5.32 Å². The lowest BCUT2D eigenvalue weighted by atomic mass is 9.85. The maximum Gasteiger partial charge on any atom is 0.271 e. The molecule has 1 saturated carbocycles. The van der Waals surface area contributed by atoms with Crippen LogP contribution in [0.25, 0.3) is 0 Å². The van der Waals surface area contributed by atoms with Gasteiger partial charge in [0.05, 0.1) is 9.82 Å². The highest BCUT2D eigenvalue weighted by molar-refractivity contribution is 8.13. The number of nitrogens with zero attached hydrogens (tertiary/aromatic N) is 1. The zero-order chi connectivity index (χ0) is 15.6. The van der Waals surface area contributed by atoms with Gasteiger partial charge in [0, 0.05) is 34.9 Å². The normalized spacial score (nSPS) is 15.3. The molecule has 0 aliphatic heterocycles. The van der Waals surface area contributed by atoms with Crippen molar-refractivity contribution >= 4 is 31.3 Å². The Kier molecular flexibility index (Phi) is 4.48. The Balaban J connectivity index is 2.26. The van der Waals surface area contributed by atoms with Gasteiger partial charge in [-0.25, -0.2) is 8.42 Å². The van der Waals surface area contributed by atoms with Crippen molar-refractivity contribution in [3.05, 3.63) is 33.9 Å². The lowest BCUT2D eigenvalue weighted by Crippen LogP contribution is -2.32. The van der Waals surface area contributed by atoms with Gasteiger partial charge in [-0.05, 0) is 24.8 Å². The largest absolute Gasteiger partial charge is 0.352 e. The third-order valence-corrected chi connectivity index (χ3v) is 4.76. The number of rotatable bonds is 5. The van der Waals surface area contributed by atoms with Crippen LogP contribution in [0.4, 0.5) is 5.69 Å². The second-order valence-corrected chi connectivity index (χ2v) is 7.48. The van der Waals surface area contributed by atoms with Gasteiger partial charge in [-0.15, -0.1) is 0 Å². The molecule has 0 saturated heterocycles. The number of non-ortho nitro benzene ring substituents is 1. The van der Waals surface area contributed by atoms with Gasteiger partial charge < -0.3 is 5.32 Å². The Morgan fingerprint density at radius 2 is 2.05 bits per heavy atom. The third kappa shape index (κ3) is 3.92. The first-order chi connectivity index (χ1) is 9.77. The molecule has 114 valence electrons. The summed E-state index contributed by atoms with van der Waals surface area (Å²) in [5, 5.41) is 13.5. The van der Waals surface area contributed by atoms with Gasteiger partial charge in [0.1, 0.15) is 0 Å². The number of amides is 1. The highest BCUT2D eigenvalue weighted by atomic mass is 35.7. The minimum atomic E-state index is -4.15. The molecule has 0 aromatic heterocycles. The van der Waals surface area contributed by atoms with Crippen LogP contribution in [0.15, 0.2) is 23.1 Å². The van der Waals surface area contributed by atoms with Gasteiger partial charge in [0.15, 0.2) is 0 Å². The number of hydrogen-bond donors (Lipinski definition) is 1. The second-order valence-electron chi connectivity index (χ2n) is 4.92. The number of hydrogen-bond acceptors (Lipinski definition) is 5. The Labute approximate surface area is 125 Å². The van der Waals surface area contributed by atoms with Gasteiger partial charge in [0.25, 0.3) is 20.6 Å². The topological polar surface area (TPSA) is 106 Å². The van der Waals surface area contributed by atoms with E-state index in [0.29, 0.717) is 12.5 Å². The molecule has 0 spiro atoms. The molecular formula is C12H13ClN2O5S. The summed E-state index contributed by atoms with van der Waals surface area (Å²) < 4.78 is 22.6. The molecule has 9 heteroatoms. The Bertz CT molecular complexity index is 685. The van der Waals surface area contributed by atoms with Gasteiger partial charge in [0.2, 0.25) is 0 Å². The molecular weight excluding hydrogens is 320 g/mol. The van der Waals surface area contributed by atoms with Crippen molar-refractivity contribution in [1.29, 1.82) is 0 Å². The first-order valence-corrected chi connectivity index (χ1v) is 8.60. The molecule has 1 aliphatic carbocycles. The molecule has 21 heavy (non-hydrogen) atoms. The van der Waals surface area contributed by atoms with Crippen molar-refractivity contribution in [2.75, 3.05) is 6.54 Å². The molecule has 0 unspecified atom stereocenters. The van der Waals surface area contributed by atoms with E-state index in [1.165, 1.54) is 0 Å². The molecule has 7 nitrogen and oxygen atoms in total.